The van der Waals surface area contributed by atoms with Crippen LogP contribution < -0.4 is 5.32 Å². The van der Waals surface area contributed by atoms with Gasteiger partial charge in [0, 0.05) is 24.0 Å². The largest absolute Gasteiger partial charge is 0.439 e. The molecule has 1 aliphatic carbocycles. The molecule has 3 nitrogen and oxygen atoms in total. The van der Waals surface area contributed by atoms with E-state index in [2.05, 4.69) is 10.3 Å². The fourth-order valence-electron chi connectivity index (χ4n) is 1.78. The van der Waals surface area contributed by atoms with Gasteiger partial charge in [0.15, 0.2) is 11.5 Å². The summed E-state index contributed by atoms with van der Waals surface area (Å²) in [7, 11) is 0. The van der Waals surface area contributed by atoms with Gasteiger partial charge in [-0.15, -0.1) is 0 Å². The second kappa shape index (κ2) is 4.48. The molecule has 1 aromatic carbocycles. The average Bonchev–Trinajstić information content (AvgIpc) is 2.98. The van der Waals surface area contributed by atoms with Crippen LogP contribution >= 0.6 is 23.2 Å². The Morgan fingerprint density at radius 2 is 2.18 bits per heavy atom. The van der Waals surface area contributed by atoms with E-state index in [1.165, 1.54) is 12.8 Å². The molecule has 5 heteroatoms. The minimum Gasteiger partial charge on any atom is -0.439 e. The Balaban J connectivity index is 1.77. The van der Waals surface area contributed by atoms with Crippen LogP contribution in [-0.2, 0) is 6.42 Å². The number of rotatable bonds is 4. The van der Waals surface area contributed by atoms with Crippen molar-refractivity contribution in [1.29, 1.82) is 0 Å². The van der Waals surface area contributed by atoms with Gasteiger partial charge in [0.05, 0.1) is 5.02 Å². The van der Waals surface area contributed by atoms with Crippen molar-refractivity contribution in [3.05, 3.63) is 28.1 Å². The van der Waals surface area contributed by atoms with E-state index in [0.717, 1.165) is 18.5 Å². The molecule has 0 amide bonds. The molecule has 0 radical (unpaired) electrons. The molecule has 0 aliphatic heterocycles. The molecule has 1 aromatic heterocycles. The summed E-state index contributed by atoms with van der Waals surface area (Å²) in [6, 6.07) is 4.14. The predicted molar refractivity (Wildman–Crippen MR) is 68.8 cm³/mol. The standard InChI is InChI=1S/C12H12Cl2N2O/c13-7-5-9(14)12-10(6-7)16-11(17-12)3-4-15-8-1-2-8/h5-6,8,15H,1-4H2. The van der Waals surface area contributed by atoms with Crippen LogP contribution in [-0.4, -0.2) is 17.6 Å². The Kier molecular flexibility index (Phi) is 2.99. The van der Waals surface area contributed by atoms with Gasteiger partial charge in [-0.05, 0) is 25.0 Å². The first-order valence-corrected chi connectivity index (χ1v) is 6.46. The molecule has 3 rings (SSSR count). The van der Waals surface area contributed by atoms with Gasteiger partial charge >= 0.3 is 0 Å². The number of hydrogen-bond donors (Lipinski definition) is 1. The summed E-state index contributed by atoms with van der Waals surface area (Å²) < 4.78 is 5.61. The summed E-state index contributed by atoms with van der Waals surface area (Å²) in [6.45, 7) is 0.892. The molecule has 1 saturated carbocycles. The topological polar surface area (TPSA) is 38.1 Å². The third-order valence-electron chi connectivity index (χ3n) is 2.80. The molecule has 1 aliphatic rings. The molecule has 1 N–H and O–H groups in total. The molecule has 90 valence electrons. The lowest BCUT2D eigenvalue weighted by atomic mass is 10.3. The second-order valence-corrected chi connectivity index (χ2v) is 5.17. The van der Waals surface area contributed by atoms with Gasteiger partial charge in [0.2, 0.25) is 0 Å². The minimum absolute atomic E-state index is 0.515. The van der Waals surface area contributed by atoms with E-state index in [1.54, 1.807) is 12.1 Å². The lowest BCUT2D eigenvalue weighted by molar-refractivity contribution is 0.514. The van der Waals surface area contributed by atoms with Gasteiger partial charge in [-0.25, -0.2) is 4.98 Å². The van der Waals surface area contributed by atoms with Crippen molar-refractivity contribution in [2.24, 2.45) is 0 Å². The van der Waals surface area contributed by atoms with Gasteiger partial charge < -0.3 is 9.73 Å². The van der Waals surface area contributed by atoms with Crippen LogP contribution in [0.5, 0.6) is 0 Å². The van der Waals surface area contributed by atoms with Crippen LogP contribution in [0.1, 0.15) is 18.7 Å². The van der Waals surface area contributed by atoms with Crippen LogP contribution in [0.15, 0.2) is 16.5 Å². The zero-order chi connectivity index (χ0) is 11.8. The lowest BCUT2D eigenvalue weighted by Crippen LogP contribution is -2.19. The highest BCUT2D eigenvalue weighted by Gasteiger charge is 2.20. The molecule has 1 heterocycles. The van der Waals surface area contributed by atoms with E-state index in [4.69, 9.17) is 27.6 Å². The summed E-state index contributed by atoms with van der Waals surface area (Å²) in [4.78, 5) is 4.38. The van der Waals surface area contributed by atoms with Gasteiger partial charge in [0.1, 0.15) is 5.52 Å². The highest BCUT2D eigenvalue weighted by atomic mass is 35.5. The monoisotopic (exact) mass is 270 g/mol. The Hall–Kier alpha value is -0.770. The highest BCUT2D eigenvalue weighted by molar-refractivity contribution is 6.37. The molecule has 0 atom stereocenters. The molecule has 0 saturated heterocycles. The van der Waals surface area contributed by atoms with E-state index in [9.17, 15) is 0 Å². The van der Waals surface area contributed by atoms with Crippen molar-refractivity contribution >= 4 is 34.3 Å². The highest BCUT2D eigenvalue weighted by Crippen LogP contribution is 2.28. The number of nitrogens with zero attached hydrogens (tertiary/aromatic N) is 1. The fourth-order valence-corrected chi connectivity index (χ4v) is 2.30. The van der Waals surface area contributed by atoms with E-state index in [1.807, 2.05) is 0 Å². The first-order valence-electron chi connectivity index (χ1n) is 5.70. The number of aromatic nitrogens is 1. The smallest absolute Gasteiger partial charge is 0.196 e. The minimum atomic E-state index is 0.515. The second-order valence-electron chi connectivity index (χ2n) is 4.32. The van der Waals surface area contributed by atoms with Crippen molar-refractivity contribution in [2.45, 2.75) is 25.3 Å². The summed E-state index contributed by atoms with van der Waals surface area (Å²) >= 11 is 11.9. The average molecular weight is 271 g/mol. The number of benzene rings is 1. The van der Waals surface area contributed by atoms with Crippen molar-refractivity contribution in [1.82, 2.24) is 10.3 Å². The number of hydrogen-bond acceptors (Lipinski definition) is 3. The van der Waals surface area contributed by atoms with Crippen LogP contribution in [0.4, 0.5) is 0 Å². The summed E-state index contributed by atoms with van der Waals surface area (Å²) in [5.74, 6) is 0.706. The van der Waals surface area contributed by atoms with Crippen LogP contribution in [0, 0.1) is 0 Å². The molecule has 1 fully saturated rings. The van der Waals surface area contributed by atoms with Crippen molar-refractivity contribution in [3.8, 4) is 0 Å². The van der Waals surface area contributed by atoms with E-state index < -0.39 is 0 Å². The Morgan fingerprint density at radius 1 is 1.35 bits per heavy atom. The molecular weight excluding hydrogens is 259 g/mol. The molecule has 0 bridgehead atoms. The van der Waals surface area contributed by atoms with Gasteiger partial charge in [0.25, 0.3) is 0 Å². The molecular formula is C12H12Cl2N2O. The number of fused-ring (bicyclic) bond motifs is 1. The molecule has 0 unspecified atom stereocenters. The van der Waals surface area contributed by atoms with Gasteiger partial charge in [-0.2, -0.15) is 0 Å². The maximum absolute atomic E-state index is 6.04. The van der Waals surface area contributed by atoms with Crippen molar-refractivity contribution < 1.29 is 4.42 Å². The first-order chi connectivity index (χ1) is 8.22. The summed E-state index contributed by atoms with van der Waals surface area (Å²) in [5, 5.41) is 4.51. The lowest BCUT2D eigenvalue weighted by Gasteiger charge is -1.97. The predicted octanol–water partition coefficient (Wildman–Crippen LogP) is 3.43. The normalized spacial score (nSPS) is 15.6. The van der Waals surface area contributed by atoms with Crippen LogP contribution in [0.25, 0.3) is 11.1 Å². The maximum atomic E-state index is 6.04. The SMILES string of the molecule is Clc1cc(Cl)c2oc(CCNC3CC3)nc2c1. The number of halogens is 2. The Labute approximate surface area is 109 Å². The molecule has 2 aromatic rings. The summed E-state index contributed by atoms with van der Waals surface area (Å²) in [5.41, 5.74) is 1.35. The van der Waals surface area contributed by atoms with E-state index in [0.29, 0.717) is 27.6 Å². The Bertz CT molecular complexity index is 549. The third-order valence-corrected chi connectivity index (χ3v) is 3.30. The number of oxazole rings is 1. The van der Waals surface area contributed by atoms with E-state index >= 15 is 0 Å². The third kappa shape index (κ3) is 2.57. The van der Waals surface area contributed by atoms with E-state index in [-0.39, 0.29) is 0 Å². The zero-order valence-corrected chi connectivity index (χ0v) is 10.7. The Morgan fingerprint density at radius 3 is 2.94 bits per heavy atom. The summed E-state index contributed by atoms with van der Waals surface area (Å²) in [6.07, 6.45) is 3.35. The van der Waals surface area contributed by atoms with Crippen molar-refractivity contribution in [2.75, 3.05) is 6.54 Å². The van der Waals surface area contributed by atoms with Gasteiger partial charge in [-0.1, -0.05) is 23.2 Å². The molecule has 0 spiro atoms. The number of nitrogens with one attached hydrogen (secondary N) is 1. The van der Waals surface area contributed by atoms with Crippen LogP contribution in [0.2, 0.25) is 10.0 Å². The first kappa shape index (κ1) is 11.3. The van der Waals surface area contributed by atoms with Gasteiger partial charge in [-0.3, -0.25) is 0 Å². The maximum Gasteiger partial charge on any atom is 0.196 e. The fraction of sp³-hybridized carbons (Fsp3) is 0.417. The quantitative estimate of drug-likeness (QED) is 0.925. The zero-order valence-electron chi connectivity index (χ0n) is 9.17. The van der Waals surface area contributed by atoms with Crippen molar-refractivity contribution in [3.63, 3.8) is 0 Å². The molecule has 17 heavy (non-hydrogen) atoms. The van der Waals surface area contributed by atoms with Crippen LogP contribution in [0.3, 0.4) is 0 Å².